The van der Waals surface area contributed by atoms with Crippen LogP contribution in [0.1, 0.15) is 56.9 Å². The van der Waals surface area contributed by atoms with E-state index in [2.05, 4.69) is 74.2 Å². The van der Waals surface area contributed by atoms with Crippen LogP contribution in [0.3, 0.4) is 0 Å². The lowest BCUT2D eigenvalue weighted by molar-refractivity contribution is 0.0226. The van der Waals surface area contributed by atoms with E-state index in [1.807, 2.05) is 6.07 Å². The topological polar surface area (TPSA) is 55.8 Å². The van der Waals surface area contributed by atoms with Gasteiger partial charge in [0.1, 0.15) is 0 Å². The van der Waals surface area contributed by atoms with Crippen LogP contribution in [0.15, 0.2) is 42.6 Å². The van der Waals surface area contributed by atoms with Crippen molar-refractivity contribution in [3.63, 3.8) is 0 Å². The van der Waals surface area contributed by atoms with Gasteiger partial charge >= 0.3 is 6.03 Å². The summed E-state index contributed by atoms with van der Waals surface area (Å²) in [6.45, 7) is 3.63. The highest BCUT2D eigenvalue weighted by molar-refractivity contribution is 6.29. The standard InChI is InChI=1S/C29H39ClN6O/c1-33(2)29(23-6-4-3-5-7-23)14-12-28(13-15-29)21-35(27(37)36(28)20-22-8-9-22)24-10-16-34(17-11-24)25-18-26(30)32-31-19-25/h3-7,18-19,22,24H,8-17,20-21H2,1-2H3. The lowest BCUT2D eigenvalue weighted by Gasteiger charge is -2.51. The maximum Gasteiger partial charge on any atom is 0.320 e. The predicted octanol–water partition coefficient (Wildman–Crippen LogP) is 5.02. The van der Waals surface area contributed by atoms with Crippen molar-refractivity contribution in [1.82, 2.24) is 24.9 Å². The van der Waals surface area contributed by atoms with Gasteiger partial charge in [0, 0.05) is 43.8 Å². The van der Waals surface area contributed by atoms with Gasteiger partial charge in [0.25, 0.3) is 0 Å². The zero-order valence-corrected chi connectivity index (χ0v) is 22.9. The maximum absolute atomic E-state index is 14.0. The largest absolute Gasteiger partial charge is 0.370 e. The number of piperidine rings is 1. The molecule has 2 saturated carbocycles. The van der Waals surface area contributed by atoms with E-state index in [0.29, 0.717) is 17.1 Å². The van der Waals surface area contributed by atoms with Gasteiger partial charge in [-0.3, -0.25) is 4.90 Å². The third-order valence-corrected chi connectivity index (χ3v) is 9.89. The van der Waals surface area contributed by atoms with E-state index in [1.165, 1.54) is 18.4 Å². The van der Waals surface area contributed by atoms with Gasteiger partial charge in [0.05, 0.1) is 17.4 Å². The molecule has 4 aliphatic rings. The molecule has 3 heterocycles. The Morgan fingerprint density at radius 1 is 1.03 bits per heavy atom. The smallest absolute Gasteiger partial charge is 0.320 e. The number of amides is 2. The molecule has 7 nitrogen and oxygen atoms in total. The number of carbonyl (C=O) groups is 1. The third kappa shape index (κ3) is 4.59. The number of carbonyl (C=O) groups excluding carboxylic acids is 1. The molecule has 0 unspecified atom stereocenters. The third-order valence-electron chi connectivity index (χ3n) is 9.71. The highest BCUT2D eigenvalue weighted by Crippen LogP contribution is 2.50. The Labute approximate surface area is 225 Å². The van der Waals surface area contributed by atoms with E-state index < -0.39 is 0 Å². The van der Waals surface area contributed by atoms with Crippen LogP contribution in [-0.4, -0.2) is 82.8 Å². The fraction of sp³-hybridized carbons (Fsp3) is 0.621. The number of halogens is 1. The minimum Gasteiger partial charge on any atom is -0.370 e. The predicted molar refractivity (Wildman–Crippen MR) is 147 cm³/mol. The van der Waals surface area contributed by atoms with Crippen LogP contribution in [-0.2, 0) is 5.54 Å². The summed E-state index contributed by atoms with van der Waals surface area (Å²) in [5, 5.41) is 8.32. The molecule has 2 amide bonds. The summed E-state index contributed by atoms with van der Waals surface area (Å²) in [6, 6.07) is 13.5. The number of hydrogen-bond donors (Lipinski definition) is 0. The van der Waals surface area contributed by atoms with Gasteiger partial charge in [-0.1, -0.05) is 41.9 Å². The first kappa shape index (κ1) is 24.9. The SMILES string of the molecule is CN(C)C1(c2ccccc2)CCC2(CC1)CN(C1CCN(c3cnnc(Cl)c3)CC1)C(=O)N2CC1CC1. The van der Waals surface area contributed by atoms with E-state index in [4.69, 9.17) is 11.6 Å². The van der Waals surface area contributed by atoms with Crippen molar-refractivity contribution >= 4 is 23.3 Å². The molecule has 2 aliphatic carbocycles. The molecule has 0 bridgehead atoms. The molecule has 1 aromatic heterocycles. The minimum atomic E-state index is -0.0341. The lowest BCUT2D eigenvalue weighted by Crippen LogP contribution is -2.55. The molecule has 2 saturated heterocycles. The van der Waals surface area contributed by atoms with E-state index in [9.17, 15) is 4.79 Å². The van der Waals surface area contributed by atoms with E-state index in [1.54, 1.807) is 6.20 Å². The molecule has 1 aromatic carbocycles. The number of aromatic nitrogens is 2. The molecule has 0 atom stereocenters. The quantitative estimate of drug-likeness (QED) is 0.533. The van der Waals surface area contributed by atoms with Gasteiger partial charge in [0.2, 0.25) is 0 Å². The van der Waals surface area contributed by atoms with Crippen molar-refractivity contribution in [3.05, 3.63) is 53.3 Å². The second-order valence-electron chi connectivity index (χ2n) is 11.9. The fourth-order valence-corrected chi connectivity index (χ4v) is 7.34. The first-order valence-electron chi connectivity index (χ1n) is 13.9. The van der Waals surface area contributed by atoms with Gasteiger partial charge in [-0.25, -0.2) is 4.79 Å². The first-order valence-corrected chi connectivity index (χ1v) is 14.3. The van der Waals surface area contributed by atoms with Crippen LogP contribution >= 0.6 is 11.6 Å². The zero-order chi connectivity index (χ0) is 25.6. The molecule has 6 rings (SSSR count). The average Bonchev–Trinajstić information content (AvgIpc) is 3.71. The Morgan fingerprint density at radius 2 is 1.73 bits per heavy atom. The fourth-order valence-electron chi connectivity index (χ4n) is 7.18. The molecule has 0 radical (unpaired) electrons. The van der Waals surface area contributed by atoms with Crippen molar-refractivity contribution in [2.45, 2.75) is 68.5 Å². The second kappa shape index (κ2) is 9.73. The number of hydrogen-bond acceptors (Lipinski definition) is 5. The highest BCUT2D eigenvalue weighted by atomic mass is 35.5. The number of benzene rings is 1. The highest BCUT2D eigenvalue weighted by Gasteiger charge is 2.56. The molecule has 0 N–H and O–H groups in total. The zero-order valence-electron chi connectivity index (χ0n) is 22.2. The molecule has 2 aliphatic heterocycles. The van der Waals surface area contributed by atoms with Crippen LogP contribution in [0.5, 0.6) is 0 Å². The van der Waals surface area contributed by atoms with Gasteiger partial charge < -0.3 is 14.7 Å². The summed E-state index contributed by atoms with van der Waals surface area (Å²) in [5.41, 5.74) is 2.43. The summed E-state index contributed by atoms with van der Waals surface area (Å²) in [7, 11) is 4.44. The van der Waals surface area contributed by atoms with Crippen LogP contribution in [0, 0.1) is 5.92 Å². The average molecular weight is 523 g/mol. The Morgan fingerprint density at radius 3 is 2.35 bits per heavy atom. The molecule has 4 fully saturated rings. The van der Waals surface area contributed by atoms with Crippen molar-refractivity contribution in [3.8, 4) is 0 Å². The molecular weight excluding hydrogens is 484 g/mol. The Hall–Kier alpha value is -2.38. The van der Waals surface area contributed by atoms with Crippen molar-refractivity contribution in [2.75, 3.05) is 45.2 Å². The van der Waals surface area contributed by atoms with Crippen LogP contribution in [0.4, 0.5) is 10.5 Å². The van der Waals surface area contributed by atoms with E-state index in [0.717, 1.165) is 70.4 Å². The second-order valence-corrected chi connectivity index (χ2v) is 12.3. The monoisotopic (exact) mass is 522 g/mol. The summed E-state index contributed by atoms with van der Waals surface area (Å²) in [5.74, 6) is 0.696. The number of rotatable bonds is 6. The maximum atomic E-state index is 14.0. The number of anilines is 1. The summed E-state index contributed by atoms with van der Waals surface area (Å²) < 4.78 is 0. The molecule has 2 aromatic rings. The first-order chi connectivity index (χ1) is 17.9. The summed E-state index contributed by atoms with van der Waals surface area (Å²) in [6.07, 6.45) is 10.6. The molecule has 8 heteroatoms. The number of urea groups is 1. The van der Waals surface area contributed by atoms with Crippen molar-refractivity contribution in [1.29, 1.82) is 0 Å². The van der Waals surface area contributed by atoms with Crippen LogP contribution in [0.25, 0.3) is 0 Å². The molecule has 1 spiro atoms. The molecular formula is C29H39ClN6O. The van der Waals surface area contributed by atoms with Crippen molar-refractivity contribution in [2.24, 2.45) is 5.92 Å². The van der Waals surface area contributed by atoms with Gasteiger partial charge in [0.15, 0.2) is 5.15 Å². The Kier molecular flexibility index (Phi) is 6.56. The van der Waals surface area contributed by atoms with Gasteiger partial charge in [-0.15, -0.1) is 5.10 Å². The van der Waals surface area contributed by atoms with E-state index in [-0.39, 0.29) is 17.1 Å². The minimum absolute atomic E-state index is 0.0341. The van der Waals surface area contributed by atoms with Crippen LogP contribution in [0.2, 0.25) is 5.15 Å². The Balaban J connectivity index is 1.19. The Bertz CT molecular complexity index is 1110. The van der Waals surface area contributed by atoms with Gasteiger partial charge in [-0.2, -0.15) is 5.10 Å². The van der Waals surface area contributed by atoms with Gasteiger partial charge in [-0.05, 0) is 76.9 Å². The van der Waals surface area contributed by atoms with E-state index >= 15 is 0 Å². The summed E-state index contributed by atoms with van der Waals surface area (Å²) in [4.78, 5) is 23.3. The van der Waals surface area contributed by atoms with Crippen molar-refractivity contribution < 1.29 is 4.79 Å². The molecule has 37 heavy (non-hydrogen) atoms. The number of nitrogens with zero attached hydrogens (tertiary/aromatic N) is 6. The summed E-state index contributed by atoms with van der Waals surface area (Å²) >= 11 is 6.08. The lowest BCUT2D eigenvalue weighted by atomic mass is 9.68. The van der Waals surface area contributed by atoms with Crippen LogP contribution < -0.4 is 4.90 Å². The molecule has 198 valence electrons. The normalized spacial score (nSPS) is 29.1.